The van der Waals surface area contributed by atoms with Gasteiger partial charge in [-0.3, -0.25) is 0 Å². The van der Waals surface area contributed by atoms with Crippen molar-refractivity contribution in [2.75, 3.05) is 5.73 Å². The van der Waals surface area contributed by atoms with Gasteiger partial charge in [0.1, 0.15) is 5.82 Å². The van der Waals surface area contributed by atoms with Gasteiger partial charge in [0.25, 0.3) is 0 Å². The zero-order valence-corrected chi connectivity index (χ0v) is 10.0. The Kier molecular flexibility index (Phi) is 3.58. The minimum Gasteiger partial charge on any atom is -0.393 e. The molecule has 0 fully saturated rings. The highest BCUT2D eigenvalue weighted by Gasteiger charge is 2.25. The van der Waals surface area contributed by atoms with Gasteiger partial charge in [-0.15, -0.1) is 0 Å². The van der Waals surface area contributed by atoms with Crippen molar-refractivity contribution in [1.82, 2.24) is 4.98 Å². The Morgan fingerprint density at radius 2 is 2.20 bits per heavy atom. The van der Waals surface area contributed by atoms with Gasteiger partial charge in [-0.25, -0.2) is 4.98 Å². The van der Waals surface area contributed by atoms with Crippen molar-refractivity contribution < 1.29 is 5.11 Å². The number of halogens is 1. The van der Waals surface area contributed by atoms with Crippen LogP contribution < -0.4 is 5.73 Å². The number of hydrogen-bond acceptors (Lipinski definition) is 3. The van der Waals surface area contributed by atoms with Gasteiger partial charge in [0.15, 0.2) is 0 Å². The van der Waals surface area contributed by atoms with Crippen molar-refractivity contribution in [3.8, 4) is 0 Å². The van der Waals surface area contributed by atoms with Gasteiger partial charge in [-0.1, -0.05) is 25.4 Å². The summed E-state index contributed by atoms with van der Waals surface area (Å²) in [5.74, 6) is 0.477. The average molecular weight is 229 g/mol. The molecule has 1 aromatic rings. The predicted octanol–water partition coefficient (Wildman–Crippen LogP) is 2.37. The molecule has 84 valence electrons. The molecular weight excluding hydrogens is 212 g/mol. The maximum absolute atomic E-state index is 9.42. The minimum atomic E-state index is -0.376. The lowest BCUT2D eigenvalue weighted by atomic mass is 9.80. The van der Waals surface area contributed by atoms with Crippen LogP contribution in [0, 0.1) is 0 Å². The van der Waals surface area contributed by atoms with Crippen LogP contribution in [0.5, 0.6) is 0 Å². The molecule has 1 aromatic heterocycles. The first-order chi connectivity index (χ1) is 6.83. The Morgan fingerprint density at radius 1 is 1.60 bits per heavy atom. The fourth-order valence-electron chi connectivity index (χ4n) is 1.84. The Hall–Kier alpha value is -0.800. The molecule has 4 heteroatoms. The lowest BCUT2D eigenvalue weighted by Crippen LogP contribution is -2.24. The van der Waals surface area contributed by atoms with Crippen molar-refractivity contribution in [3.05, 3.63) is 22.8 Å². The number of aromatic nitrogens is 1. The molecule has 0 bridgehead atoms. The lowest BCUT2D eigenvalue weighted by molar-refractivity contribution is 0.157. The van der Waals surface area contributed by atoms with E-state index in [0.29, 0.717) is 17.3 Å². The molecule has 0 saturated carbocycles. The molecule has 3 nitrogen and oxygen atoms in total. The minimum absolute atomic E-state index is 0.226. The first-order valence-electron chi connectivity index (χ1n) is 4.92. The Morgan fingerprint density at radius 3 is 2.73 bits per heavy atom. The molecule has 1 unspecified atom stereocenters. The SMILES string of the molecule is CC(O)CC(C)(C)c1cc(Cl)cnc1N. The fourth-order valence-corrected chi connectivity index (χ4v) is 2.00. The molecule has 1 heterocycles. The molecule has 0 spiro atoms. The van der Waals surface area contributed by atoms with Crippen molar-refractivity contribution in [2.45, 2.75) is 38.7 Å². The molecule has 0 aliphatic rings. The van der Waals surface area contributed by atoms with Crippen LogP contribution in [0.3, 0.4) is 0 Å². The zero-order chi connectivity index (χ0) is 11.6. The third-order valence-corrected chi connectivity index (χ3v) is 2.63. The van der Waals surface area contributed by atoms with Crippen molar-refractivity contribution in [2.24, 2.45) is 0 Å². The highest BCUT2D eigenvalue weighted by atomic mass is 35.5. The summed E-state index contributed by atoms with van der Waals surface area (Å²) in [5.41, 5.74) is 6.46. The molecule has 15 heavy (non-hydrogen) atoms. The number of hydrogen-bond donors (Lipinski definition) is 2. The largest absolute Gasteiger partial charge is 0.393 e. The zero-order valence-electron chi connectivity index (χ0n) is 9.29. The van der Waals surface area contributed by atoms with Crippen LogP contribution in [-0.4, -0.2) is 16.2 Å². The maximum atomic E-state index is 9.42. The standard InChI is InChI=1S/C11H17ClN2O/c1-7(15)5-11(2,3)9-4-8(12)6-14-10(9)13/h4,6-7,15H,5H2,1-3H3,(H2,13,14). The third kappa shape index (κ3) is 3.08. The van der Waals surface area contributed by atoms with Crippen molar-refractivity contribution in [1.29, 1.82) is 0 Å². The number of aliphatic hydroxyl groups is 1. The molecule has 0 aromatic carbocycles. The number of nitrogens with zero attached hydrogens (tertiary/aromatic N) is 1. The van der Waals surface area contributed by atoms with E-state index in [1.165, 1.54) is 6.20 Å². The molecule has 0 radical (unpaired) electrons. The average Bonchev–Trinajstić information content (AvgIpc) is 2.06. The van der Waals surface area contributed by atoms with E-state index in [0.717, 1.165) is 5.56 Å². The molecule has 0 amide bonds. The van der Waals surface area contributed by atoms with Crippen LogP contribution >= 0.6 is 11.6 Å². The third-order valence-electron chi connectivity index (χ3n) is 2.42. The van der Waals surface area contributed by atoms with E-state index in [-0.39, 0.29) is 11.5 Å². The molecule has 0 saturated heterocycles. The Balaban J connectivity index is 3.08. The topological polar surface area (TPSA) is 59.1 Å². The van der Waals surface area contributed by atoms with Crippen LogP contribution in [0.25, 0.3) is 0 Å². The van der Waals surface area contributed by atoms with Crippen molar-refractivity contribution in [3.63, 3.8) is 0 Å². The van der Waals surface area contributed by atoms with Gasteiger partial charge in [0, 0.05) is 11.8 Å². The lowest BCUT2D eigenvalue weighted by Gasteiger charge is -2.27. The summed E-state index contributed by atoms with van der Waals surface area (Å²) in [6, 6.07) is 1.81. The number of rotatable bonds is 3. The van der Waals surface area contributed by atoms with E-state index in [4.69, 9.17) is 17.3 Å². The highest BCUT2D eigenvalue weighted by Crippen LogP contribution is 2.32. The summed E-state index contributed by atoms with van der Waals surface area (Å²) in [4.78, 5) is 4.02. The molecule has 3 N–H and O–H groups in total. The van der Waals surface area contributed by atoms with Crippen LogP contribution in [-0.2, 0) is 5.41 Å². The van der Waals surface area contributed by atoms with Gasteiger partial charge in [0.05, 0.1) is 11.1 Å². The molecule has 1 rings (SSSR count). The monoisotopic (exact) mass is 228 g/mol. The van der Waals surface area contributed by atoms with Crippen LogP contribution in [0.2, 0.25) is 5.02 Å². The molecular formula is C11H17ClN2O. The number of nitrogens with two attached hydrogens (primary N) is 1. The summed E-state index contributed by atoms with van der Waals surface area (Å²) >= 11 is 5.88. The van der Waals surface area contributed by atoms with E-state index < -0.39 is 0 Å². The Bertz CT molecular complexity index is 350. The summed E-state index contributed by atoms with van der Waals surface area (Å²) in [6.45, 7) is 5.79. The number of pyridine rings is 1. The van der Waals surface area contributed by atoms with Crippen LogP contribution in [0.4, 0.5) is 5.82 Å². The van der Waals surface area contributed by atoms with Crippen LogP contribution in [0.15, 0.2) is 12.3 Å². The molecule has 1 atom stereocenters. The van der Waals surface area contributed by atoms with Gasteiger partial charge in [-0.2, -0.15) is 0 Å². The predicted molar refractivity (Wildman–Crippen MR) is 63.0 cm³/mol. The summed E-state index contributed by atoms with van der Waals surface area (Å²) in [6.07, 6.45) is 1.77. The van der Waals surface area contributed by atoms with E-state index in [2.05, 4.69) is 4.98 Å². The van der Waals surface area contributed by atoms with Gasteiger partial charge in [-0.05, 0) is 24.8 Å². The van der Waals surface area contributed by atoms with E-state index in [9.17, 15) is 5.11 Å². The van der Waals surface area contributed by atoms with E-state index in [1.54, 1.807) is 6.92 Å². The van der Waals surface area contributed by atoms with Crippen molar-refractivity contribution >= 4 is 17.4 Å². The van der Waals surface area contributed by atoms with E-state index >= 15 is 0 Å². The summed E-state index contributed by atoms with van der Waals surface area (Å²) < 4.78 is 0. The molecule has 0 aliphatic carbocycles. The van der Waals surface area contributed by atoms with Gasteiger partial charge >= 0.3 is 0 Å². The van der Waals surface area contributed by atoms with Gasteiger partial charge < -0.3 is 10.8 Å². The smallest absolute Gasteiger partial charge is 0.127 e. The molecule has 0 aliphatic heterocycles. The Labute approximate surface area is 95.3 Å². The maximum Gasteiger partial charge on any atom is 0.127 e. The van der Waals surface area contributed by atoms with E-state index in [1.807, 2.05) is 19.9 Å². The normalized spacial score (nSPS) is 13.9. The summed E-state index contributed by atoms with van der Waals surface area (Å²) in [7, 11) is 0. The second-order valence-electron chi connectivity index (χ2n) is 4.52. The number of nitrogen functional groups attached to an aromatic ring is 1. The summed E-state index contributed by atoms with van der Waals surface area (Å²) in [5, 5.41) is 9.98. The second kappa shape index (κ2) is 4.37. The van der Waals surface area contributed by atoms with Crippen LogP contribution in [0.1, 0.15) is 32.8 Å². The van der Waals surface area contributed by atoms with Gasteiger partial charge in [0.2, 0.25) is 0 Å². The second-order valence-corrected chi connectivity index (χ2v) is 4.96. The first kappa shape index (κ1) is 12.3. The quantitative estimate of drug-likeness (QED) is 0.835. The fraction of sp³-hybridized carbons (Fsp3) is 0.545. The number of anilines is 1. The first-order valence-corrected chi connectivity index (χ1v) is 5.30. The number of aliphatic hydroxyl groups excluding tert-OH is 1. The highest BCUT2D eigenvalue weighted by molar-refractivity contribution is 6.30.